The monoisotopic (exact) mass is 276 g/mol. The summed E-state index contributed by atoms with van der Waals surface area (Å²) < 4.78 is 0.927. The normalized spacial score (nSPS) is 11.1. The fourth-order valence-corrected chi connectivity index (χ4v) is 0.992. The molecule has 0 aliphatic carbocycles. The first-order valence-electron chi connectivity index (χ1n) is 3.57. The van der Waals surface area contributed by atoms with Gasteiger partial charge in [0.25, 0.3) is 0 Å². The van der Waals surface area contributed by atoms with Crippen molar-refractivity contribution >= 4 is 44.4 Å². The number of hydrogen-bond donors (Lipinski definition) is 2. The molecule has 1 aromatic carbocycles. The molecule has 1 aromatic rings. The summed E-state index contributed by atoms with van der Waals surface area (Å²) in [6.45, 7) is 0. The van der Waals surface area contributed by atoms with Crippen molar-refractivity contribution in [1.29, 1.82) is 0 Å². The molecule has 74 valence electrons. The zero-order valence-electron chi connectivity index (χ0n) is 6.87. The van der Waals surface area contributed by atoms with Crippen LogP contribution in [0.2, 0.25) is 0 Å². The summed E-state index contributed by atoms with van der Waals surface area (Å²) in [6.07, 6.45) is 0. The Balaban J connectivity index is 2.66. The fourth-order valence-electron chi connectivity index (χ4n) is 0.686. The molecule has 4 nitrogen and oxygen atoms in total. The highest BCUT2D eigenvalue weighted by atomic mass is 79.9. The summed E-state index contributed by atoms with van der Waals surface area (Å²) in [6, 6.07) is 7.07. The molecule has 0 fully saturated rings. The van der Waals surface area contributed by atoms with E-state index in [4.69, 9.17) is 16.7 Å². The number of nitrogens with one attached hydrogen (secondary N) is 1. The van der Waals surface area contributed by atoms with Gasteiger partial charge in [0.15, 0.2) is 0 Å². The third kappa shape index (κ3) is 3.35. The number of carboxylic acids is 1. The second kappa shape index (κ2) is 4.97. The summed E-state index contributed by atoms with van der Waals surface area (Å²) >= 11 is 8.54. The number of benzene rings is 1. The number of aliphatic carboxylic acids is 1. The molecule has 0 saturated carbocycles. The first kappa shape index (κ1) is 11.0. The maximum atomic E-state index is 10.3. The number of hydrogen-bond acceptors (Lipinski definition) is 3. The van der Waals surface area contributed by atoms with Crippen LogP contribution in [0.15, 0.2) is 33.8 Å². The molecule has 6 heteroatoms. The SMILES string of the molecule is O=C(O)/C(Cl)=N\Nc1ccc(Br)cc1. The number of rotatable bonds is 3. The largest absolute Gasteiger partial charge is 0.476 e. The second-order valence-electron chi connectivity index (χ2n) is 2.33. The summed E-state index contributed by atoms with van der Waals surface area (Å²) in [5.41, 5.74) is 3.17. The van der Waals surface area contributed by atoms with Gasteiger partial charge >= 0.3 is 5.97 Å². The van der Waals surface area contributed by atoms with Crippen molar-refractivity contribution in [3.05, 3.63) is 28.7 Å². The Labute approximate surface area is 93.7 Å². The molecule has 0 aromatic heterocycles. The quantitative estimate of drug-likeness (QED) is 0.659. The highest BCUT2D eigenvalue weighted by Gasteiger charge is 2.03. The van der Waals surface area contributed by atoms with Crippen molar-refractivity contribution in [2.24, 2.45) is 5.10 Å². The Bertz CT molecular complexity index is 364. The van der Waals surface area contributed by atoms with Gasteiger partial charge in [-0.3, -0.25) is 5.43 Å². The van der Waals surface area contributed by atoms with Crippen molar-refractivity contribution in [3.63, 3.8) is 0 Å². The molecule has 0 unspecified atom stereocenters. The van der Waals surface area contributed by atoms with Gasteiger partial charge in [-0.05, 0) is 24.3 Å². The predicted molar refractivity (Wildman–Crippen MR) is 58.7 cm³/mol. The van der Waals surface area contributed by atoms with Gasteiger partial charge in [0, 0.05) is 4.47 Å². The Kier molecular flexibility index (Phi) is 3.91. The lowest BCUT2D eigenvalue weighted by molar-refractivity contribution is -0.129. The van der Waals surface area contributed by atoms with E-state index in [2.05, 4.69) is 26.5 Å². The van der Waals surface area contributed by atoms with E-state index in [0.29, 0.717) is 5.69 Å². The van der Waals surface area contributed by atoms with Crippen LogP contribution in [0.3, 0.4) is 0 Å². The molecule has 0 radical (unpaired) electrons. The Morgan fingerprint density at radius 1 is 1.43 bits per heavy atom. The van der Waals surface area contributed by atoms with Gasteiger partial charge in [0.2, 0.25) is 5.17 Å². The van der Waals surface area contributed by atoms with E-state index >= 15 is 0 Å². The van der Waals surface area contributed by atoms with Crippen molar-refractivity contribution in [2.45, 2.75) is 0 Å². The molecule has 1 rings (SSSR count). The van der Waals surface area contributed by atoms with E-state index in [1.165, 1.54) is 0 Å². The van der Waals surface area contributed by atoms with Crippen LogP contribution in [0.5, 0.6) is 0 Å². The fraction of sp³-hybridized carbons (Fsp3) is 0. The van der Waals surface area contributed by atoms with Crippen molar-refractivity contribution in [1.82, 2.24) is 0 Å². The van der Waals surface area contributed by atoms with Gasteiger partial charge in [-0.1, -0.05) is 27.5 Å². The summed E-state index contributed by atoms with van der Waals surface area (Å²) in [5.74, 6) is -1.27. The second-order valence-corrected chi connectivity index (χ2v) is 3.60. The zero-order chi connectivity index (χ0) is 10.6. The van der Waals surface area contributed by atoms with E-state index in [-0.39, 0.29) is 0 Å². The average Bonchev–Trinajstić information content (AvgIpc) is 2.16. The lowest BCUT2D eigenvalue weighted by atomic mass is 10.3. The van der Waals surface area contributed by atoms with Crippen LogP contribution in [0.4, 0.5) is 5.69 Å². The minimum absolute atomic E-state index is 0.507. The van der Waals surface area contributed by atoms with Crippen LogP contribution in [-0.2, 0) is 4.79 Å². The molecule has 0 amide bonds. The number of carboxylic acid groups (broad SMARTS) is 1. The summed E-state index contributed by atoms with van der Waals surface area (Å²) in [7, 11) is 0. The minimum Gasteiger partial charge on any atom is -0.476 e. The third-order valence-electron chi connectivity index (χ3n) is 1.30. The van der Waals surface area contributed by atoms with E-state index in [9.17, 15) is 4.79 Å². The van der Waals surface area contributed by atoms with Crippen molar-refractivity contribution < 1.29 is 9.90 Å². The van der Waals surface area contributed by atoms with E-state index < -0.39 is 11.1 Å². The van der Waals surface area contributed by atoms with Gasteiger partial charge < -0.3 is 5.11 Å². The molecule has 0 atom stereocenters. The highest BCUT2D eigenvalue weighted by Crippen LogP contribution is 2.13. The molecule has 14 heavy (non-hydrogen) atoms. The maximum Gasteiger partial charge on any atom is 0.368 e. The molecule has 0 bridgehead atoms. The van der Waals surface area contributed by atoms with Crippen LogP contribution >= 0.6 is 27.5 Å². The first-order chi connectivity index (χ1) is 6.59. The molecule has 0 aliphatic rings. The van der Waals surface area contributed by atoms with E-state index in [1.54, 1.807) is 24.3 Å². The lowest BCUT2D eigenvalue weighted by Gasteiger charge is -1.99. The maximum absolute atomic E-state index is 10.3. The standard InChI is InChI=1S/C8H6BrClN2O2/c9-5-1-3-6(4-2-5)11-12-7(10)8(13)14/h1-4,11H,(H,13,14)/b12-7+. The van der Waals surface area contributed by atoms with Gasteiger partial charge in [-0.15, -0.1) is 0 Å². The number of halogens is 2. The molecular formula is C8H6BrClN2O2. The van der Waals surface area contributed by atoms with Crippen LogP contribution in [-0.4, -0.2) is 16.2 Å². The Hall–Kier alpha value is -1.07. The number of hydrazone groups is 1. The van der Waals surface area contributed by atoms with Crippen LogP contribution in [0.25, 0.3) is 0 Å². The minimum atomic E-state index is -1.27. The predicted octanol–water partition coefficient (Wildman–Crippen LogP) is 2.50. The van der Waals surface area contributed by atoms with E-state index in [1.807, 2.05) is 0 Å². The lowest BCUT2D eigenvalue weighted by Crippen LogP contribution is -2.07. The molecule has 0 saturated heterocycles. The molecule has 0 heterocycles. The van der Waals surface area contributed by atoms with Crippen LogP contribution < -0.4 is 5.43 Å². The van der Waals surface area contributed by atoms with Crippen LogP contribution in [0.1, 0.15) is 0 Å². The average molecular weight is 278 g/mol. The summed E-state index contributed by atoms with van der Waals surface area (Å²) in [4.78, 5) is 10.3. The van der Waals surface area contributed by atoms with E-state index in [0.717, 1.165) is 4.47 Å². The Morgan fingerprint density at radius 3 is 2.50 bits per heavy atom. The third-order valence-corrected chi connectivity index (χ3v) is 2.08. The van der Waals surface area contributed by atoms with Gasteiger partial charge in [0.1, 0.15) is 0 Å². The Morgan fingerprint density at radius 2 is 2.00 bits per heavy atom. The molecule has 2 N–H and O–H groups in total. The van der Waals surface area contributed by atoms with Crippen LogP contribution in [0, 0.1) is 0 Å². The van der Waals surface area contributed by atoms with Gasteiger partial charge in [-0.2, -0.15) is 5.10 Å². The molecule has 0 spiro atoms. The molecular weight excluding hydrogens is 271 g/mol. The number of anilines is 1. The number of carbonyl (C=O) groups is 1. The summed E-state index contributed by atoms with van der Waals surface area (Å²) in [5, 5.41) is 11.3. The number of nitrogens with zero attached hydrogens (tertiary/aromatic N) is 1. The smallest absolute Gasteiger partial charge is 0.368 e. The van der Waals surface area contributed by atoms with Crippen molar-refractivity contribution in [2.75, 3.05) is 5.43 Å². The highest BCUT2D eigenvalue weighted by molar-refractivity contribution is 9.10. The molecule has 0 aliphatic heterocycles. The first-order valence-corrected chi connectivity index (χ1v) is 4.75. The zero-order valence-corrected chi connectivity index (χ0v) is 9.21. The topological polar surface area (TPSA) is 61.7 Å². The van der Waals surface area contributed by atoms with Crippen molar-refractivity contribution in [3.8, 4) is 0 Å². The van der Waals surface area contributed by atoms with Gasteiger partial charge in [-0.25, -0.2) is 4.79 Å². The van der Waals surface area contributed by atoms with Gasteiger partial charge in [0.05, 0.1) is 5.69 Å².